The molecule has 2 aliphatic heterocycles. The van der Waals surface area contributed by atoms with Crippen LogP contribution in [0.5, 0.6) is 0 Å². The van der Waals surface area contributed by atoms with Gasteiger partial charge in [-0.3, -0.25) is 14.2 Å². The lowest BCUT2D eigenvalue weighted by Crippen LogP contribution is -2.43. The zero-order valence-corrected chi connectivity index (χ0v) is 17.9. The third-order valence-electron chi connectivity index (χ3n) is 4.98. The number of aromatic nitrogens is 2. The van der Waals surface area contributed by atoms with Gasteiger partial charge in [-0.05, 0) is 12.8 Å². The van der Waals surface area contributed by atoms with Crippen molar-refractivity contribution in [2.75, 3.05) is 4.43 Å². The molecule has 1 aromatic rings. The number of nitrogens with zero attached hydrogens (tertiary/aromatic N) is 2. The topological polar surface area (TPSA) is 115 Å². The van der Waals surface area contributed by atoms with E-state index >= 15 is 0 Å². The van der Waals surface area contributed by atoms with Crippen LogP contribution in [0.25, 0.3) is 0 Å². The van der Waals surface area contributed by atoms with Gasteiger partial charge in [-0.25, -0.2) is 18.5 Å². The van der Waals surface area contributed by atoms with Gasteiger partial charge in [0.25, 0.3) is 11.4 Å². The second-order valence-corrected chi connectivity index (χ2v) is 7.44. The fraction of sp³-hybridized carbons (Fsp3) is 0.647. The van der Waals surface area contributed by atoms with Crippen molar-refractivity contribution in [2.45, 2.75) is 57.7 Å². The average Bonchev–Trinajstić information content (AvgIpc) is 3.20. The molecule has 29 heavy (non-hydrogen) atoms. The number of hydrogen-bond donors (Lipinski definition) is 0. The van der Waals surface area contributed by atoms with Crippen molar-refractivity contribution in [3.8, 4) is 0 Å². The van der Waals surface area contributed by atoms with Gasteiger partial charge in [0, 0.05) is 12.3 Å². The highest BCUT2D eigenvalue weighted by molar-refractivity contribution is 14.1. The standard InChI is InChI=1S/C17H20FIN2O8/c1-3-9(4-2)14(23)26-8-21-10(22)5-6-20(15(21)24)13-11-12(28-16(25)27-11)17(18,7-19)29-13/h5-6,9,11-13H,3-4,7-8H2,1-2H3/t11-,12+,13-,17-/m1/s1. The Morgan fingerprint density at radius 1 is 1.31 bits per heavy atom. The number of alkyl halides is 2. The highest BCUT2D eigenvalue weighted by Crippen LogP contribution is 2.45. The molecule has 10 nitrogen and oxygen atoms in total. The SMILES string of the molecule is CCC(CC)C(=O)OCn1c(=O)ccn([C@@H]2O[C@](F)(CI)[C@H]3OC(=O)O[C@@H]23)c1=O. The Morgan fingerprint density at radius 2 is 2.00 bits per heavy atom. The summed E-state index contributed by atoms with van der Waals surface area (Å²) in [5, 5.41) is 0. The van der Waals surface area contributed by atoms with E-state index < -0.39 is 54.4 Å². The van der Waals surface area contributed by atoms with Crippen LogP contribution in [0.4, 0.5) is 9.18 Å². The van der Waals surface area contributed by atoms with E-state index in [9.17, 15) is 23.6 Å². The summed E-state index contributed by atoms with van der Waals surface area (Å²) in [6.07, 6.45) is -2.75. The molecule has 0 saturated carbocycles. The van der Waals surface area contributed by atoms with Gasteiger partial charge in [0.05, 0.1) is 10.3 Å². The van der Waals surface area contributed by atoms with Crippen LogP contribution < -0.4 is 11.2 Å². The Balaban J connectivity index is 1.89. The van der Waals surface area contributed by atoms with Crippen LogP contribution in [0.3, 0.4) is 0 Å². The molecule has 2 saturated heterocycles. The lowest BCUT2D eigenvalue weighted by Gasteiger charge is -2.22. The van der Waals surface area contributed by atoms with Crippen molar-refractivity contribution in [3.63, 3.8) is 0 Å². The van der Waals surface area contributed by atoms with Crippen molar-refractivity contribution in [1.29, 1.82) is 0 Å². The van der Waals surface area contributed by atoms with E-state index in [2.05, 4.69) is 0 Å². The third kappa shape index (κ3) is 3.91. The first-order valence-electron chi connectivity index (χ1n) is 9.04. The molecule has 3 heterocycles. The van der Waals surface area contributed by atoms with Crippen LogP contribution in [0.1, 0.15) is 32.9 Å². The number of fused-ring (bicyclic) bond motifs is 1. The van der Waals surface area contributed by atoms with Gasteiger partial charge in [-0.1, -0.05) is 36.4 Å². The molecule has 0 N–H and O–H groups in total. The summed E-state index contributed by atoms with van der Waals surface area (Å²) in [6, 6.07) is 1.05. The van der Waals surface area contributed by atoms with E-state index in [1.165, 1.54) is 0 Å². The van der Waals surface area contributed by atoms with E-state index in [0.29, 0.717) is 17.4 Å². The van der Waals surface area contributed by atoms with Crippen LogP contribution in [-0.4, -0.2) is 43.7 Å². The molecule has 0 bridgehead atoms. The predicted octanol–water partition coefficient (Wildman–Crippen LogP) is 1.48. The molecule has 0 radical (unpaired) electrons. The Kier molecular flexibility index (Phi) is 6.31. The van der Waals surface area contributed by atoms with Crippen molar-refractivity contribution >= 4 is 34.7 Å². The lowest BCUT2D eigenvalue weighted by atomic mass is 10.0. The fourth-order valence-corrected chi connectivity index (χ4v) is 3.90. The quantitative estimate of drug-likeness (QED) is 0.298. The highest BCUT2D eigenvalue weighted by atomic mass is 127. The second kappa shape index (κ2) is 8.42. The minimum absolute atomic E-state index is 0.180. The van der Waals surface area contributed by atoms with Crippen LogP contribution in [0.15, 0.2) is 21.9 Å². The van der Waals surface area contributed by atoms with Gasteiger partial charge >= 0.3 is 17.8 Å². The monoisotopic (exact) mass is 526 g/mol. The zero-order chi connectivity index (χ0) is 21.3. The first-order valence-corrected chi connectivity index (χ1v) is 10.6. The van der Waals surface area contributed by atoms with Crippen molar-refractivity contribution in [2.24, 2.45) is 5.92 Å². The van der Waals surface area contributed by atoms with Gasteiger partial charge in [0.1, 0.15) is 0 Å². The maximum absolute atomic E-state index is 15.0. The Bertz CT molecular complexity index is 913. The first-order chi connectivity index (χ1) is 13.8. The van der Waals surface area contributed by atoms with Gasteiger partial charge in [-0.15, -0.1) is 0 Å². The third-order valence-corrected chi connectivity index (χ3v) is 6.02. The molecule has 0 aliphatic carbocycles. The number of hydrogen-bond acceptors (Lipinski definition) is 8. The minimum atomic E-state index is -2.36. The summed E-state index contributed by atoms with van der Waals surface area (Å²) in [7, 11) is 0. The molecule has 0 amide bonds. The van der Waals surface area contributed by atoms with E-state index in [0.717, 1.165) is 16.8 Å². The Labute approximate surface area is 178 Å². The van der Waals surface area contributed by atoms with Crippen LogP contribution >= 0.6 is 22.6 Å². The fourth-order valence-electron chi connectivity index (χ4n) is 3.28. The lowest BCUT2D eigenvalue weighted by molar-refractivity contribution is -0.176. The van der Waals surface area contributed by atoms with E-state index in [1.807, 2.05) is 13.8 Å². The number of esters is 1. The Morgan fingerprint density at radius 3 is 2.62 bits per heavy atom. The molecule has 12 heteroatoms. The summed E-state index contributed by atoms with van der Waals surface area (Å²) in [6.45, 7) is 3.05. The number of carbonyl (C=O) groups excluding carboxylic acids is 2. The number of carbonyl (C=O) groups is 2. The highest BCUT2D eigenvalue weighted by Gasteiger charge is 2.64. The molecule has 2 fully saturated rings. The molecule has 0 aromatic carbocycles. The zero-order valence-electron chi connectivity index (χ0n) is 15.7. The Hall–Kier alpha value is -1.96. The molecule has 160 valence electrons. The maximum Gasteiger partial charge on any atom is 0.509 e. The van der Waals surface area contributed by atoms with Gasteiger partial charge in [0.15, 0.2) is 19.1 Å². The van der Waals surface area contributed by atoms with Crippen molar-refractivity contribution in [1.82, 2.24) is 9.13 Å². The smallest absolute Gasteiger partial charge is 0.443 e. The number of rotatable bonds is 7. The molecule has 0 spiro atoms. The van der Waals surface area contributed by atoms with E-state index in [1.54, 1.807) is 22.6 Å². The molecule has 3 rings (SSSR count). The summed E-state index contributed by atoms with van der Waals surface area (Å²) < 4.78 is 36.7. The van der Waals surface area contributed by atoms with Crippen molar-refractivity contribution < 1.29 is 32.9 Å². The van der Waals surface area contributed by atoms with Crippen LogP contribution in [0.2, 0.25) is 0 Å². The maximum atomic E-state index is 15.0. The second-order valence-electron chi connectivity index (χ2n) is 6.68. The summed E-state index contributed by atoms with van der Waals surface area (Å²) >= 11 is 1.73. The van der Waals surface area contributed by atoms with Gasteiger partial charge in [-0.2, -0.15) is 0 Å². The summed E-state index contributed by atoms with van der Waals surface area (Å²) in [5.74, 6) is -3.23. The molecule has 4 atom stereocenters. The normalized spacial score (nSPS) is 28.2. The van der Waals surface area contributed by atoms with Crippen LogP contribution in [-0.2, 0) is 30.5 Å². The average molecular weight is 526 g/mol. The summed E-state index contributed by atoms with van der Waals surface area (Å²) in [4.78, 5) is 48.5. The molecule has 1 aromatic heterocycles. The largest absolute Gasteiger partial charge is 0.509 e. The first kappa shape index (κ1) is 21.7. The molecule has 0 unspecified atom stereocenters. The molecule has 2 aliphatic rings. The van der Waals surface area contributed by atoms with Gasteiger partial charge in [0.2, 0.25) is 6.10 Å². The minimum Gasteiger partial charge on any atom is -0.443 e. The number of halogens is 2. The molecular weight excluding hydrogens is 506 g/mol. The number of ether oxygens (including phenoxy) is 4. The van der Waals surface area contributed by atoms with E-state index in [-0.39, 0.29) is 10.3 Å². The van der Waals surface area contributed by atoms with Crippen molar-refractivity contribution in [3.05, 3.63) is 33.1 Å². The van der Waals surface area contributed by atoms with Crippen LogP contribution in [0, 0.1) is 5.92 Å². The summed E-state index contributed by atoms with van der Waals surface area (Å²) in [5.41, 5.74) is -1.61. The van der Waals surface area contributed by atoms with Gasteiger partial charge < -0.3 is 18.9 Å². The predicted molar refractivity (Wildman–Crippen MR) is 103 cm³/mol. The van der Waals surface area contributed by atoms with E-state index in [4.69, 9.17) is 18.9 Å². The molecular formula is C17H20FIN2O8.